The molecule has 0 amide bonds. The second kappa shape index (κ2) is 4.91. The molecule has 0 aromatic heterocycles. The highest BCUT2D eigenvalue weighted by Gasteiger charge is 2.47. The minimum atomic E-state index is 0.149. The first kappa shape index (κ1) is 13.4. The second-order valence-corrected chi connectivity index (χ2v) is 6.90. The molecule has 1 aliphatic carbocycles. The van der Waals surface area contributed by atoms with E-state index in [0.717, 1.165) is 11.5 Å². The third-order valence-electron chi connectivity index (χ3n) is 3.48. The molecule has 1 saturated heterocycles. The van der Waals surface area contributed by atoms with Gasteiger partial charge in [-0.15, -0.1) is 0 Å². The molecule has 0 aromatic rings. The van der Waals surface area contributed by atoms with Crippen LogP contribution in [0.5, 0.6) is 0 Å². The highest BCUT2D eigenvalue weighted by molar-refractivity contribution is 6.29. The third kappa shape index (κ3) is 3.70. The zero-order valence-corrected chi connectivity index (χ0v) is 12.1. The fraction of sp³-hybridized carbons (Fsp3) is 0.857. The monoisotopic (exact) mass is 257 g/mol. The number of rotatable bonds is 3. The van der Waals surface area contributed by atoms with Gasteiger partial charge in [0.25, 0.3) is 0 Å². The maximum Gasteiger partial charge on any atom is 0.0997 e. The molecular formula is C14H24ClNO. The molecule has 0 saturated carbocycles. The molecule has 0 bridgehead atoms. The lowest BCUT2D eigenvalue weighted by Crippen LogP contribution is -2.45. The molecule has 1 heterocycles. The molecule has 98 valence electrons. The molecule has 1 aliphatic heterocycles. The van der Waals surface area contributed by atoms with E-state index in [9.17, 15) is 0 Å². The van der Waals surface area contributed by atoms with Gasteiger partial charge in [0.1, 0.15) is 0 Å². The van der Waals surface area contributed by atoms with Crippen molar-refractivity contribution in [3.8, 4) is 0 Å². The van der Waals surface area contributed by atoms with Crippen LogP contribution >= 0.6 is 11.6 Å². The van der Waals surface area contributed by atoms with Gasteiger partial charge in [0.15, 0.2) is 0 Å². The van der Waals surface area contributed by atoms with E-state index >= 15 is 0 Å². The van der Waals surface area contributed by atoms with Crippen molar-refractivity contribution in [2.45, 2.75) is 70.7 Å². The van der Waals surface area contributed by atoms with E-state index in [1.165, 1.54) is 12.8 Å². The van der Waals surface area contributed by atoms with Crippen molar-refractivity contribution >= 4 is 11.6 Å². The standard InChI is InChI=1S/C14H24ClNO/c1-9(16-14(2,3)4)12-13(17-12)10-6-5-7-11(15)8-10/h8-10,12-13,16H,5-7H2,1-4H3. The van der Waals surface area contributed by atoms with Gasteiger partial charge in [0.2, 0.25) is 0 Å². The van der Waals surface area contributed by atoms with Crippen LogP contribution in [0.25, 0.3) is 0 Å². The van der Waals surface area contributed by atoms with Crippen LogP contribution in [0.15, 0.2) is 11.1 Å². The van der Waals surface area contributed by atoms with Gasteiger partial charge in [-0.25, -0.2) is 0 Å². The fourth-order valence-electron chi connectivity index (χ4n) is 2.81. The van der Waals surface area contributed by atoms with Gasteiger partial charge in [-0.05, 0) is 47.0 Å². The molecule has 4 atom stereocenters. The molecule has 2 aliphatic rings. The minimum absolute atomic E-state index is 0.149. The molecule has 1 fully saturated rings. The topological polar surface area (TPSA) is 24.6 Å². The molecule has 17 heavy (non-hydrogen) atoms. The highest BCUT2D eigenvalue weighted by Crippen LogP contribution is 2.39. The molecule has 4 unspecified atom stereocenters. The van der Waals surface area contributed by atoms with Gasteiger partial charge < -0.3 is 10.1 Å². The number of nitrogens with one attached hydrogen (secondary N) is 1. The van der Waals surface area contributed by atoms with Crippen LogP contribution in [0.1, 0.15) is 47.0 Å². The maximum absolute atomic E-state index is 6.11. The smallest absolute Gasteiger partial charge is 0.0997 e. The van der Waals surface area contributed by atoms with Gasteiger partial charge in [0, 0.05) is 22.5 Å². The van der Waals surface area contributed by atoms with Crippen molar-refractivity contribution in [3.63, 3.8) is 0 Å². The van der Waals surface area contributed by atoms with Gasteiger partial charge in [-0.2, -0.15) is 0 Å². The lowest BCUT2D eigenvalue weighted by atomic mass is 9.90. The third-order valence-corrected chi connectivity index (χ3v) is 3.80. The van der Waals surface area contributed by atoms with E-state index in [-0.39, 0.29) is 5.54 Å². The summed E-state index contributed by atoms with van der Waals surface area (Å²) in [5, 5.41) is 4.60. The quantitative estimate of drug-likeness (QED) is 0.784. The van der Waals surface area contributed by atoms with Crippen molar-refractivity contribution in [3.05, 3.63) is 11.1 Å². The van der Waals surface area contributed by atoms with Crippen LogP contribution in [-0.4, -0.2) is 23.8 Å². The van der Waals surface area contributed by atoms with Crippen LogP contribution in [0.4, 0.5) is 0 Å². The summed E-state index contributed by atoms with van der Waals surface area (Å²) in [6.07, 6.45) is 6.42. The molecule has 0 aromatic carbocycles. The zero-order valence-electron chi connectivity index (χ0n) is 11.3. The van der Waals surface area contributed by atoms with Gasteiger partial charge >= 0.3 is 0 Å². The first-order valence-electron chi connectivity index (χ1n) is 6.66. The Morgan fingerprint density at radius 1 is 1.47 bits per heavy atom. The Labute approximate surface area is 110 Å². The molecule has 0 radical (unpaired) electrons. The first-order valence-corrected chi connectivity index (χ1v) is 7.04. The average Bonchev–Trinajstić information content (AvgIpc) is 2.94. The first-order chi connectivity index (χ1) is 7.87. The number of allylic oxidation sites excluding steroid dienone is 1. The summed E-state index contributed by atoms with van der Waals surface area (Å²) in [6.45, 7) is 8.79. The Morgan fingerprint density at radius 3 is 2.76 bits per heavy atom. The Bertz CT molecular complexity index is 308. The van der Waals surface area contributed by atoms with Gasteiger partial charge in [-0.1, -0.05) is 17.7 Å². The summed E-state index contributed by atoms with van der Waals surface area (Å²) in [7, 11) is 0. The van der Waals surface area contributed by atoms with E-state index in [4.69, 9.17) is 16.3 Å². The number of hydrogen-bond acceptors (Lipinski definition) is 2. The lowest BCUT2D eigenvalue weighted by Gasteiger charge is -2.25. The predicted molar refractivity (Wildman–Crippen MR) is 72.3 cm³/mol. The van der Waals surface area contributed by atoms with Crippen LogP contribution in [0, 0.1) is 5.92 Å². The molecule has 2 nitrogen and oxygen atoms in total. The van der Waals surface area contributed by atoms with Crippen molar-refractivity contribution in [2.75, 3.05) is 0 Å². The summed E-state index contributed by atoms with van der Waals surface area (Å²) in [6, 6.07) is 0.411. The van der Waals surface area contributed by atoms with Gasteiger partial charge in [0.05, 0.1) is 12.2 Å². The van der Waals surface area contributed by atoms with E-state index < -0.39 is 0 Å². The zero-order chi connectivity index (χ0) is 12.6. The maximum atomic E-state index is 6.11. The van der Waals surface area contributed by atoms with E-state index in [0.29, 0.717) is 24.2 Å². The summed E-state index contributed by atoms with van der Waals surface area (Å²) in [4.78, 5) is 0. The Hall–Kier alpha value is -0.0500. The highest BCUT2D eigenvalue weighted by atomic mass is 35.5. The SMILES string of the molecule is CC(NC(C)(C)C)C1OC1C1C=C(Cl)CCC1. The Morgan fingerprint density at radius 2 is 2.18 bits per heavy atom. The molecule has 0 spiro atoms. The van der Waals surface area contributed by atoms with Crippen LogP contribution in [0.2, 0.25) is 0 Å². The largest absolute Gasteiger partial charge is 0.367 e. The molecule has 3 heteroatoms. The predicted octanol–water partition coefficient (Wildman–Crippen LogP) is 3.45. The lowest BCUT2D eigenvalue weighted by molar-refractivity contribution is 0.284. The van der Waals surface area contributed by atoms with Crippen LogP contribution in [0.3, 0.4) is 0 Å². The molecule has 1 N–H and O–H groups in total. The Balaban J connectivity index is 1.86. The summed E-state index contributed by atoms with van der Waals surface area (Å²) in [5.41, 5.74) is 0.149. The van der Waals surface area contributed by atoms with E-state index in [2.05, 4.69) is 39.1 Å². The van der Waals surface area contributed by atoms with Crippen molar-refractivity contribution in [1.29, 1.82) is 0 Å². The molecular weight excluding hydrogens is 234 g/mol. The second-order valence-electron chi connectivity index (χ2n) is 6.42. The number of halogens is 1. The molecule has 2 rings (SSSR count). The normalized spacial score (nSPS) is 35.4. The number of ether oxygens (including phenoxy) is 1. The van der Waals surface area contributed by atoms with E-state index in [1.807, 2.05) is 0 Å². The van der Waals surface area contributed by atoms with Crippen LogP contribution in [-0.2, 0) is 4.74 Å². The van der Waals surface area contributed by atoms with E-state index in [1.54, 1.807) is 0 Å². The number of epoxide rings is 1. The van der Waals surface area contributed by atoms with Crippen molar-refractivity contribution in [2.24, 2.45) is 5.92 Å². The fourth-order valence-corrected chi connectivity index (χ4v) is 3.11. The Kier molecular flexibility index (Phi) is 3.86. The van der Waals surface area contributed by atoms with Crippen molar-refractivity contribution in [1.82, 2.24) is 5.32 Å². The number of hydrogen-bond donors (Lipinski definition) is 1. The average molecular weight is 258 g/mol. The minimum Gasteiger partial charge on any atom is -0.367 e. The summed E-state index contributed by atoms with van der Waals surface area (Å²) >= 11 is 6.11. The summed E-state index contributed by atoms with van der Waals surface area (Å²) in [5.74, 6) is 0.533. The van der Waals surface area contributed by atoms with Gasteiger partial charge in [-0.3, -0.25) is 0 Å². The van der Waals surface area contributed by atoms with Crippen LogP contribution < -0.4 is 5.32 Å². The van der Waals surface area contributed by atoms with Crippen molar-refractivity contribution < 1.29 is 4.74 Å². The summed E-state index contributed by atoms with van der Waals surface area (Å²) < 4.78 is 5.85.